The number of hydrogen-bond donors (Lipinski definition) is 1. The van der Waals surface area contributed by atoms with E-state index in [2.05, 4.69) is 25.1 Å². The van der Waals surface area contributed by atoms with Gasteiger partial charge in [-0.2, -0.15) is 8.78 Å². The highest BCUT2D eigenvalue weighted by Crippen LogP contribution is 2.21. The third-order valence-electron chi connectivity index (χ3n) is 4.18. The lowest BCUT2D eigenvalue weighted by atomic mass is 10.3. The lowest BCUT2D eigenvalue weighted by Crippen LogP contribution is -2.48. The van der Waals surface area contributed by atoms with Crippen LogP contribution in [0.3, 0.4) is 0 Å². The van der Waals surface area contributed by atoms with Gasteiger partial charge in [0.2, 0.25) is 5.95 Å². The average Bonchev–Trinajstić information content (AvgIpc) is 3.13. The van der Waals surface area contributed by atoms with Crippen LogP contribution in [0, 0.1) is 0 Å². The molecule has 0 radical (unpaired) electrons. The molecular weight excluding hydrogens is 360 g/mol. The van der Waals surface area contributed by atoms with Crippen molar-refractivity contribution in [2.75, 3.05) is 44.2 Å². The van der Waals surface area contributed by atoms with Gasteiger partial charge >= 0.3 is 0 Å². The summed E-state index contributed by atoms with van der Waals surface area (Å²) in [5.41, 5.74) is 0. The summed E-state index contributed by atoms with van der Waals surface area (Å²) in [5.74, 6) is -0.000609. The molecule has 3 rings (SSSR count). The molecule has 1 aliphatic rings. The second-order valence-corrected chi connectivity index (χ2v) is 6.97. The van der Waals surface area contributed by atoms with E-state index in [0.717, 1.165) is 51.0 Å². The molecular formula is C17H23F2N5OS. The van der Waals surface area contributed by atoms with Crippen molar-refractivity contribution in [1.82, 2.24) is 20.2 Å². The molecule has 0 aromatic carbocycles. The van der Waals surface area contributed by atoms with Gasteiger partial charge < -0.3 is 14.6 Å². The van der Waals surface area contributed by atoms with E-state index >= 15 is 0 Å². The molecule has 142 valence electrons. The van der Waals surface area contributed by atoms with E-state index in [1.807, 2.05) is 12.1 Å². The number of anilines is 1. The average molecular weight is 383 g/mol. The Morgan fingerprint density at radius 3 is 2.58 bits per heavy atom. The van der Waals surface area contributed by atoms with Gasteiger partial charge in [0.05, 0.1) is 12.3 Å². The fourth-order valence-corrected chi connectivity index (χ4v) is 3.26. The van der Waals surface area contributed by atoms with Crippen molar-refractivity contribution in [2.45, 2.75) is 18.1 Å². The molecule has 0 saturated carbocycles. The van der Waals surface area contributed by atoms with Crippen molar-refractivity contribution in [3.05, 3.63) is 42.1 Å². The standard InChI is InChI=1S/C17H23F2N5OS/c18-16(19)26-13-15-3-2-14(25-15)12-20-6-7-23-8-10-24(11-9-23)17-21-4-1-5-22-17/h1-5,16,20H,6-13H2. The van der Waals surface area contributed by atoms with Crippen molar-refractivity contribution in [1.29, 1.82) is 0 Å². The van der Waals surface area contributed by atoms with E-state index in [9.17, 15) is 8.78 Å². The Kier molecular flexibility index (Phi) is 7.22. The number of thioether (sulfide) groups is 1. The maximum Gasteiger partial charge on any atom is 0.284 e. The number of alkyl halides is 2. The summed E-state index contributed by atoms with van der Waals surface area (Å²) >= 11 is 0.576. The van der Waals surface area contributed by atoms with E-state index < -0.39 is 5.76 Å². The third kappa shape index (κ3) is 5.93. The number of aromatic nitrogens is 2. The summed E-state index contributed by atoms with van der Waals surface area (Å²) in [5, 5.41) is 3.34. The fourth-order valence-electron chi connectivity index (χ4n) is 2.81. The van der Waals surface area contributed by atoms with Gasteiger partial charge in [-0.3, -0.25) is 4.90 Å². The highest BCUT2D eigenvalue weighted by atomic mass is 32.2. The molecule has 1 saturated heterocycles. The van der Waals surface area contributed by atoms with Crippen LogP contribution in [0.15, 0.2) is 35.0 Å². The number of rotatable bonds is 9. The molecule has 0 aliphatic carbocycles. The molecule has 1 fully saturated rings. The summed E-state index contributed by atoms with van der Waals surface area (Å²) in [6, 6.07) is 5.43. The SMILES string of the molecule is FC(F)SCc1ccc(CNCCN2CCN(c3ncccn3)CC2)o1. The zero-order valence-electron chi connectivity index (χ0n) is 14.5. The van der Waals surface area contributed by atoms with Crippen molar-refractivity contribution in [3.63, 3.8) is 0 Å². The molecule has 1 aliphatic heterocycles. The Morgan fingerprint density at radius 2 is 1.85 bits per heavy atom. The number of piperazine rings is 1. The van der Waals surface area contributed by atoms with Crippen LogP contribution < -0.4 is 10.2 Å². The molecule has 0 unspecified atom stereocenters. The zero-order chi connectivity index (χ0) is 18.2. The van der Waals surface area contributed by atoms with Crippen molar-refractivity contribution in [2.24, 2.45) is 0 Å². The van der Waals surface area contributed by atoms with E-state index in [1.165, 1.54) is 0 Å². The molecule has 2 aromatic heterocycles. The van der Waals surface area contributed by atoms with Gasteiger partial charge in [-0.25, -0.2) is 9.97 Å². The largest absolute Gasteiger partial charge is 0.464 e. The fraction of sp³-hybridized carbons (Fsp3) is 0.529. The summed E-state index contributed by atoms with van der Waals surface area (Å²) in [7, 11) is 0. The Hall–Kier alpha value is -1.71. The van der Waals surface area contributed by atoms with E-state index in [-0.39, 0.29) is 5.75 Å². The topological polar surface area (TPSA) is 57.4 Å². The van der Waals surface area contributed by atoms with Crippen LogP contribution in [0.1, 0.15) is 11.5 Å². The van der Waals surface area contributed by atoms with Gasteiger partial charge in [0.1, 0.15) is 11.5 Å². The monoisotopic (exact) mass is 383 g/mol. The lowest BCUT2D eigenvalue weighted by molar-refractivity contribution is 0.251. The number of furan rings is 1. The first-order valence-corrected chi connectivity index (χ1v) is 9.68. The summed E-state index contributed by atoms with van der Waals surface area (Å²) in [6.45, 7) is 6.23. The van der Waals surface area contributed by atoms with E-state index in [1.54, 1.807) is 18.5 Å². The number of nitrogens with one attached hydrogen (secondary N) is 1. The Labute approximate surface area is 156 Å². The van der Waals surface area contributed by atoms with Crippen LogP contribution in [0.5, 0.6) is 0 Å². The van der Waals surface area contributed by atoms with Crippen LogP contribution in [0.2, 0.25) is 0 Å². The minimum atomic E-state index is -2.37. The maximum atomic E-state index is 12.2. The first-order valence-electron chi connectivity index (χ1n) is 8.63. The number of hydrogen-bond acceptors (Lipinski definition) is 7. The Morgan fingerprint density at radius 1 is 1.12 bits per heavy atom. The van der Waals surface area contributed by atoms with Crippen LogP contribution in [-0.4, -0.2) is 59.9 Å². The van der Waals surface area contributed by atoms with Crippen LogP contribution >= 0.6 is 11.8 Å². The second-order valence-electron chi connectivity index (χ2n) is 5.99. The molecule has 9 heteroatoms. The first-order chi connectivity index (χ1) is 12.7. The normalized spacial score (nSPS) is 15.7. The predicted octanol–water partition coefficient (Wildman–Crippen LogP) is 2.44. The molecule has 6 nitrogen and oxygen atoms in total. The van der Waals surface area contributed by atoms with Gasteiger partial charge in [-0.05, 0) is 18.2 Å². The van der Waals surface area contributed by atoms with Crippen molar-refractivity contribution in [3.8, 4) is 0 Å². The van der Waals surface area contributed by atoms with Crippen LogP contribution in [0.25, 0.3) is 0 Å². The number of halogens is 2. The molecule has 0 amide bonds. The van der Waals surface area contributed by atoms with Gasteiger partial charge in [0.25, 0.3) is 5.76 Å². The molecule has 26 heavy (non-hydrogen) atoms. The van der Waals surface area contributed by atoms with Crippen LogP contribution in [0.4, 0.5) is 14.7 Å². The Bertz CT molecular complexity index is 650. The van der Waals surface area contributed by atoms with Gasteiger partial charge in [-0.15, -0.1) is 0 Å². The maximum absolute atomic E-state index is 12.2. The summed E-state index contributed by atoms with van der Waals surface area (Å²) in [4.78, 5) is 13.2. The van der Waals surface area contributed by atoms with Crippen molar-refractivity contribution < 1.29 is 13.2 Å². The smallest absolute Gasteiger partial charge is 0.284 e. The summed E-state index contributed by atoms with van der Waals surface area (Å²) in [6.07, 6.45) is 3.54. The predicted molar refractivity (Wildman–Crippen MR) is 98.4 cm³/mol. The van der Waals surface area contributed by atoms with Gasteiger partial charge in [0, 0.05) is 51.7 Å². The molecule has 1 N–H and O–H groups in total. The van der Waals surface area contributed by atoms with Crippen molar-refractivity contribution >= 4 is 17.7 Å². The lowest BCUT2D eigenvalue weighted by Gasteiger charge is -2.34. The highest BCUT2D eigenvalue weighted by Gasteiger charge is 2.18. The van der Waals surface area contributed by atoms with E-state index in [4.69, 9.17) is 4.42 Å². The minimum absolute atomic E-state index is 0.201. The molecule has 0 atom stereocenters. The molecule has 0 spiro atoms. The Balaban J connectivity index is 1.30. The number of nitrogens with zero attached hydrogens (tertiary/aromatic N) is 4. The molecule has 2 aromatic rings. The zero-order valence-corrected chi connectivity index (χ0v) is 15.3. The molecule has 3 heterocycles. The van der Waals surface area contributed by atoms with E-state index in [0.29, 0.717) is 24.1 Å². The summed E-state index contributed by atoms with van der Waals surface area (Å²) < 4.78 is 29.9. The first kappa shape index (κ1) is 19.1. The minimum Gasteiger partial charge on any atom is -0.464 e. The van der Waals surface area contributed by atoms with Crippen LogP contribution in [-0.2, 0) is 12.3 Å². The second kappa shape index (κ2) is 9.84. The van der Waals surface area contributed by atoms with Gasteiger partial charge in [0.15, 0.2) is 0 Å². The highest BCUT2D eigenvalue weighted by molar-refractivity contribution is 7.98. The quantitative estimate of drug-likeness (QED) is 0.668. The van der Waals surface area contributed by atoms with Gasteiger partial charge in [-0.1, -0.05) is 11.8 Å². The molecule has 0 bridgehead atoms. The third-order valence-corrected chi connectivity index (χ3v) is 4.88.